The fraction of sp³-hybridized carbons (Fsp3) is 0.667. The van der Waals surface area contributed by atoms with Gasteiger partial charge in [-0.1, -0.05) is 6.07 Å². The zero-order valence-corrected chi connectivity index (χ0v) is 10.7. The molecule has 0 saturated heterocycles. The summed E-state index contributed by atoms with van der Waals surface area (Å²) < 4.78 is 5.61. The lowest BCUT2D eigenvalue weighted by molar-refractivity contribution is -0.00856. The average molecular weight is 227 g/mol. The zero-order chi connectivity index (χ0) is 11.1. The highest BCUT2D eigenvalue weighted by atomic mass is 32.1. The molecule has 0 aliphatic heterocycles. The molecule has 0 spiro atoms. The lowest BCUT2D eigenvalue weighted by Crippen LogP contribution is -2.38. The van der Waals surface area contributed by atoms with Gasteiger partial charge in [0.1, 0.15) is 0 Å². The Morgan fingerprint density at radius 3 is 2.87 bits per heavy atom. The molecule has 0 aliphatic carbocycles. The molecule has 3 heteroatoms. The Balaban J connectivity index is 2.11. The molecule has 1 aromatic heterocycles. The van der Waals surface area contributed by atoms with Gasteiger partial charge in [-0.25, -0.2) is 0 Å². The molecule has 0 unspecified atom stereocenters. The molecule has 0 aromatic carbocycles. The highest BCUT2D eigenvalue weighted by Crippen LogP contribution is 2.09. The molecule has 0 saturated carbocycles. The van der Waals surface area contributed by atoms with Gasteiger partial charge in [0.2, 0.25) is 0 Å². The molecule has 0 aliphatic rings. The number of thiophene rings is 1. The average Bonchev–Trinajstić information content (AvgIpc) is 2.65. The van der Waals surface area contributed by atoms with Crippen LogP contribution in [0.25, 0.3) is 0 Å². The van der Waals surface area contributed by atoms with Crippen LogP contribution in [0, 0.1) is 0 Å². The number of rotatable bonds is 7. The van der Waals surface area contributed by atoms with Gasteiger partial charge in [-0.05, 0) is 38.6 Å². The van der Waals surface area contributed by atoms with Gasteiger partial charge in [-0.2, -0.15) is 0 Å². The largest absolute Gasteiger partial charge is 0.375 e. The second kappa shape index (κ2) is 6.26. The predicted molar refractivity (Wildman–Crippen MR) is 66.6 cm³/mol. The Bertz CT molecular complexity index is 257. The van der Waals surface area contributed by atoms with Crippen LogP contribution in [0.1, 0.15) is 25.6 Å². The van der Waals surface area contributed by atoms with Gasteiger partial charge in [0.25, 0.3) is 0 Å². The van der Waals surface area contributed by atoms with E-state index in [1.54, 1.807) is 0 Å². The third-order valence-corrected chi connectivity index (χ3v) is 3.15. The molecule has 1 N–H and O–H groups in total. The van der Waals surface area contributed by atoms with Gasteiger partial charge in [0.15, 0.2) is 0 Å². The van der Waals surface area contributed by atoms with Crippen molar-refractivity contribution in [2.75, 3.05) is 19.7 Å². The Hall–Kier alpha value is -0.380. The van der Waals surface area contributed by atoms with Crippen molar-refractivity contribution in [3.63, 3.8) is 0 Å². The Labute approximate surface area is 96.7 Å². The van der Waals surface area contributed by atoms with E-state index in [9.17, 15) is 0 Å². The van der Waals surface area contributed by atoms with E-state index >= 15 is 0 Å². The van der Waals surface area contributed by atoms with Gasteiger partial charge in [-0.15, -0.1) is 11.3 Å². The third kappa shape index (κ3) is 5.30. The van der Waals surface area contributed by atoms with Crippen LogP contribution in [0.4, 0.5) is 0 Å². The smallest absolute Gasteiger partial charge is 0.0750 e. The molecule has 0 fully saturated rings. The minimum absolute atomic E-state index is 0.0514. The van der Waals surface area contributed by atoms with Gasteiger partial charge >= 0.3 is 0 Å². The number of nitrogens with one attached hydrogen (secondary N) is 1. The summed E-state index contributed by atoms with van der Waals surface area (Å²) >= 11 is 1.82. The number of ether oxygens (including phenoxy) is 1. The molecule has 1 rings (SSSR count). The third-order valence-electron chi connectivity index (χ3n) is 2.21. The molecular formula is C12H21NOS. The first kappa shape index (κ1) is 12.7. The SMILES string of the molecule is CCOC(C)(C)CNCCc1cccs1. The van der Waals surface area contributed by atoms with E-state index in [0.29, 0.717) is 0 Å². The molecule has 1 heterocycles. The summed E-state index contributed by atoms with van der Waals surface area (Å²) in [6.07, 6.45) is 1.11. The maximum absolute atomic E-state index is 5.61. The van der Waals surface area contributed by atoms with E-state index in [2.05, 4.69) is 36.7 Å². The van der Waals surface area contributed by atoms with Crippen molar-refractivity contribution in [1.82, 2.24) is 5.32 Å². The first-order valence-corrected chi connectivity index (χ1v) is 6.39. The Morgan fingerprint density at radius 2 is 2.27 bits per heavy atom. The van der Waals surface area contributed by atoms with Crippen LogP contribution in [0.5, 0.6) is 0 Å². The quantitative estimate of drug-likeness (QED) is 0.723. The summed E-state index contributed by atoms with van der Waals surface area (Å²) in [5.41, 5.74) is -0.0514. The molecular weight excluding hydrogens is 206 g/mol. The monoisotopic (exact) mass is 227 g/mol. The van der Waals surface area contributed by atoms with Crippen LogP contribution in [0.15, 0.2) is 17.5 Å². The van der Waals surface area contributed by atoms with E-state index in [4.69, 9.17) is 4.74 Å². The fourth-order valence-electron chi connectivity index (χ4n) is 1.50. The van der Waals surface area contributed by atoms with Crippen molar-refractivity contribution >= 4 is 11.3 Å². The summed E-state index contributed by atoms with van der Waals surface area (Å²) in [6, 6.07) is 4.28. The van der Waals surface area contributed by atoms with Gasteiger partial charge in [-0.3, -0.25) is 0 Å². The maximum atomic E-state index is 5.61. The summed E-state index contributed by atoms with van der Waals surface area (Å²) in [4.78, 5) is 1.44. The fourth-order valence-corrected chi connectivity index (χ4v) is 2.21. The molecule has 0 bridgehead atoms. The molecule has 0 radical (unpaired) electrons. The summed E-state index contributed by atoms with van der Waals surface area (Å²) in [5.74, 6) is 0. The Kier molecular flexibility index (Phi) is 5.29. The molecule has 2 nitrogen and oxygen atoms in total. The first-order valence-electron chi connectivity index (χ1n) is 5.51. The van der Waals surface area contributed by atoms with E-state index in [0.717, 1.165) is 26.1 Å². The van der Waals surface area contributed by atoms with Crippen molar-refractivity contribution in [3.05, 3.63) is 22.4 Å². The van der Waals surface area contributed by atoms with Crippen LogP contribution >= 0.6 is 11.3 Å². The molecule has 1 aromatic rings. The van der Waals surface area contributed by atoms with Crippen molar-refractivity contribution in [1.29, 1.82) is 0 Å². The highest BCUT2D eigenvalue weighted by Gasteiger charge is 2.16. The van der Waals surface area contributed by atoms with E-state index in [-0.39, 0.29) is 5.60 Å². The first-order chi connectivity index (χ1) is 7.14. The normalized spacial score (nSPS) is 11.9. The van der Waals surface area contributed by atoms with Crippen molar-refractivity contribution in [2.45, 2.75) is 32.8 Å². The zero-order valence-electron chi connectivity index (χ0n) is 9.88. The highest BCUT2D eigenvalue weighted by molar-refractivity contribution is 7.09. The van der Waals surface area contributed by atoms with Crippen LogP contribution in [-0.4, -0.2) is 25.3 Å². The molecule has 15 heavy (non-hydrogen) atoms. The van der Waals surface area contributed by atoms with Crippen LogP contribution in [-0.2, 0) is 11.2 Å². The molecule has 86 valence electrons. The van der Waals surface area contributed by atoms with E-state index < -0.39 is 0 Å². The summed E-state index contributed by atoms with van der Waals surface area (Å²) in [6.45, 7) is 8.99. The van der Waals surface area contributed by atoms with Gasteiger partial charge < -0.3 is 10.1 Å². The minimum atomic E-state index is -0.0514. The van der Waals surface area contributed by atoms with Crippen molar-refractivity contribution < 1.29 is 4.74 Å². The molecule has 0 atom stereocenters. The van der Waals surface area contributed by atoms with Crippen LogP contribution in [0.2, 0.25) is 0 Å². The van der Waals surface area contributed by atoms with Crippen LogP contribution < -0.4 is 5.32 Å². The molecule has 0 amide bonds. The minimum Gasteiger partial charge on any atom is -0.375 e. The van der Waals surface area contributed by atoms with Gasteiger partial charge in [0.05, 0.1) is 5.60 Å². The standard InChI is InChI=1S/C12H21NOS/c1-4-14-12(2,3)10-13-8-7-11-6-5-9-15-11/h5-6,9,13H,4,7-8,10H2,1-3H3. The second-order valence-corrected chi connectivity index (χ2v) is 5.23. The lowest BCUT2D eigenvalue weighted by atomic mass is 10.1. The number of hydrogen-bond donors (Lipinski definition) is 1. The van der Waals surface area contributed by atoms with Crippen molar-refractivity contribution in [2.24, 2.45) is 0 Å². The number of hydrogen-bond acceptors (Lipinski definition) is 3. The Morgan fingerprint density at radius 1 is 1.47 bits per heavy atom. The van der Waals surface area contributed by atoms with Gasteiger partial charge in [0, 0.05) is 24.6 Å². The summed E-state index contributed by atoms with van der Waals surface area (Å²) in [5, 5.41) is 5.55. The van der Waals surface area contributed by atoms with E-state index in [1.807, 2.05) is 18.3 Å². The van der Waals surface area contributed by atoms with Crippen LogP contribution in [0.3, 0.4) is 0 Å². The van der Waals surface area contributed by atoms with E-state index in [1.165, 1.54) is 4.88 Å². The topological polar surface area (TPSA) is 21.3 Å². The lowest BCUT2D eigenvalue weighted by Gasteiger charge is -2.24. The second-order valence-electron chi connectivity index (χ2n) is 4.20. The summed E-state index contributed by atoms with van der Waals surface area (Å²) in [7, 11) is 0. The maximum Gasteiger partial charge on any atom is 0.0750 e. The predicted octanol–water partition coefficient (Wildman–Crippen LogP) is 2.70. The van der Waals surface area contributed by atoms with Crippen molar-refractivity contribution in [3.8, 4) is 0 Å².